The molecule has 8 heteroatoms. The van der Waals surface area contributed by atoms with Crippen molar-refractivity contribution in [3.8, 4) is 5.75 Å². The SMILES string of the molecule is COc1ccc2nc(CCl)n(CCOCC(F)(F)F)c2c1. The van der Waals surface area contributed by atoms with E-state index < -0.39 is 12.8 Å². The van der Waals surface area contributed by atoms with E-state index in [9.17, 15) is 13.2 Å². The third kappa shape index (κ3) is 4.01. The van der Waals surface area contributed by atoms with Gasteiger partial charge in [-0.3, -0.25) is 0 Å². The van der Waals surface area contributed by atoms with Crippen molar-refractivity contribution in [1.29, 1.82) is 0 Å². The highest BCUT2D eigenvalue weighted by Crippen LogP contribution is 2.23. The van der Waals surface area contributed by atoms with Gasteiger partial charge in [-0.25, -0.2) is 4.98 Å². The van der Waals surface area contributed by atoms with Crippen molar-refractivity contribution in [2.24, 2.45) is 0 Å². The fraction of sp³-hybridized carbons (Fsp3) is 0.462. The van der Waals surface area contributed by atoms with Crippen LogP contribution in [0.25, 0.3) is 11.0 Å². The first-order chi connectivity index (χ1) is 9.94. The Labute approximate surface area is 124 Å². The number of aromatic nitrogens is 2. The quantitative estimate of drug-likeness (QED) is 0.604. The lowest BCUT2D eigenvalue weighted by molar-refractivity contribution is -0.174. The van der Waals surface area contributed by atoms with E-state index in [-0.39, 0.29) is 19.0 Å². The predicted molar refractivity (Wildman–Crippen MR) is 72.7 cm³/mol. The minimum absolute atomic E-state index is 0.0773. The lowest BCUT2D eigenvalue weighted by atomic mass is 10.3. The molecule has 21 heavy (non-hydrogen) atoms. The number of hydrogen-bond acceptors (Lipinski definition) is 3. The van der Waals surface area contributed by atoms with Crippen molar-refractivity contribution in [1.82, 2.24) is 9.55 Å². The van der Waals surface area contributed by atoms with Gasteiger partial charge < -0.3 is 14.0 Å². The lowest BCUT2D eigenvalue weighted by Gasteiger charge is -2.10. The second kappa shape index (κ2) is 6.53. The Bertz CT molecular complexity index is 613. The van der Waals surface area contributed by atoms with Crippen LogP contribution in [0.1, 0.15) is 5.82 Å². The molecule has 0 fully saturated rings. The van der Waals surface area contributed by atoms with Gasteiger partial charge in [0.1, 0.15) is 18.2 Å². The Morgan fingerprint density at radius 1 is 1.33 bits per heavy atom. The molecule has 0 amide bonds. The molecule has 0 atom stereocenters. The van der Waals surface area contributed by atoms with Crippen LogP contribution in [0.4, 0.5) is 13.2 Å². The summed E-state index contributed by atoms with van der Waals surface area (Å²) >= 11 is 5.83. The summed E-state index contributed by atoms with van der Waals surface area (Å²) in [5, 5.41) is 0. The van der Waals surface area contributed by atoms with Gasteiger partial charge in [0.2, 0.25) is 0 Å². The first-order valence-corrected chi connectivity index (χ1v) is 6.71. The molecule has 0 spiro atoms. The lowest BCUT2D eigenvalue weighted by Crippen LogP contribution is -2.19. The van der Waals surface area contributed by atoms with Gasteiger partial charge in [0.15, 0.2) is 0 Å². The third-order valence-electron chi connectivity index (χ3n) is 2.88. The minimum atomic E-state index is -4.32. The monoisotopic (exact) mass is 322 g/mol. The van der Waals surface area contributed by atoms with Crippen molar-refractivity contribution < 1.29 is 22.6 Å². The van der Waals surface area contributed by atoms with E-state index >= 15 is 0 Å². The maximum absolute atomic E-state index is 12.0. The molecule has 1 heterocycles. The molecular weight excluding hydrogens is 309 g/mol. The van der Waals surface area contributed by atoms with E-state index in [0.717, 1.165) is 5.52 Å². The fourth-order valence-corrected chi connectivity index (χ4v) is 2.18. The van der Waals surface area contributed by atoms with Gasteiger partial charge in [0, 0.05) is 12.6 Å². The van der Waals surface area contributed by atoms with Crippen molar-refractivity contribution in [2.75, 3.05) is 20.3 Å². The van der Waals surface area contributed by atoms with E-state index in [1.54, 1.807) is 22.8 Å². The number of hydrogen-bond donors (Lipinski definition) is 0. The standard InChI is InChI=1S/C13H14ClF3N2O2/c1-20-9-2-3-10-11(6-9)19(12(7-14)18-10)4-5-21-8-13(15,16)17/h2-3,6H,4-5,7-8H2,1H3. The van der Waals surface area contributed by atoms with Crippen LogP contribution in [-0.4, -0.2) is 36.1 Å². The molecule has 0 N–H and O–H groups in total. The molecule has 0 radical (unpaired) electrons. The molecule has 4 nitrogen and oxygen atoms in total. The summed E-state index contributed by atoms with van der Waals surface area (Å²) in [6.07, 6.45) is -4.32. The number of halogens is 4. The maximum Gasteiger partial charge on any atom is 0.411 e. The van der Waals surface area contributed by atoms with Crippen LogP contribution in [0.5, 0.6) is 5.75 Å². The minimum Gasteiger partial charge on any atom is -0.497 e. The van der Waals surface area contributed by atoms with Gasteiger partial charge >= 0.3 is 6.18 Å². The Kier molecular flexibility index (Phi) is 4.95. The van der Waals surface area contributed by atoms with Gasteiger partial charge in [-0.2, -0.15) is 13.2 Å². The number of benzene rings is 1. The fourth-order valence-electron chi connectivity index (χ4n) is 1.97. The Hall–Kier alpha value is -1.47. The number of alkyl halides is 4. The molecule has 2 aromatic rings. The molecule has 2 rings (SSSR count). The molecule has 0 aliphatic carbocycles. The molecule has 1 aromatic heterocycles. The van der Waals surface area contributed by atoms with E-state index in [1.165, 1.54) is 7.11 Å². The number of ether oxygens (including phenoxy) is 2. The van der Waals surface area contributed by atoms with Crippen LogP contribution < -0.4 is 4.74 Å². The average molecular weight is 323 g/mol. The van der Waals surface area contributed by atoms with Gasteiger partial charge in [-0.15, -0.1) is 11.6 Å². The highest BCUT2D eigenvalue weighted by atomic mass is 35.5. The zero-order valence-corrected chi connectivity index (χ0v) is 12.0. The molecule has 1 aromatic carbocycles. The normalized spacial score (nSPS) is 12.0. The number of nitrogens with zero attached hydrogens (tertiary/aromatic N) is 2. The van der Waals surface area contributed by atoms with Crippen LogP contribution in [0.3, 0.4) is 0 Å². The summed E-state index contributed by atoms with van der Waals surface area (Å²) in [5.41, 5.74) is 1.46. The Morgan fingerprint density at radius 3 is 2.71 bits per heavy atom. The van der Waals surface area contributed by atoms with Crippen molar-refractivity contribution >= 4 is 22.6 Å². The van der Waals surface area contributed by atoms with E-state index in [0.29, 0.717) is 17.1 Å². The molecule has 116 valence electrons. The van der Waals surface area contributed by atoms with Crippen LogP contribution in [0.2, 0.25) is 0 Å². The Balaban J connectivity index is 2.16. The predicted octanol–water partition coefficient (Wildman–Crippen LogP) is 3.36. The first kappa shape index (κ1) is 15.9. The third-order valence-corrected chi connectivity index (χ3v) is 3.12. The van der Waals surface area contributed by atoms with Crippen LogP contribution in [0.15, 0.2) is 18.2 Å². The number of methoxy groups -OCH3 is 1. The largest absolute Gasteiger partial charge is 0.497 e. The second-order valence-electron chi connectivity index (χ2n) is 4.34. The molecule has 0 saturated carbocycles. The zero-order chi connectivity index (χ0) is 15.5. The first-order valence-electron chi connectivity index (χ1n) is 6.18. The highest BCUT2D eigenvalue weighted by Gasteiger charge is 2.27. The van der Waals surface area contributed by atoms with Gasteiger partial charge in [-0.1, -0.05) is 0 Å². The summed E-state index contributed by atoms with van der Waals surface area (Å²) in [7, 11) is 1.54. The summed E-state index contributed by atoms with van der Waals surface area (Å²) in [4.78, 5) is 4.33. The molecule has 0 aliphatic heterocycles. The second-order valence-corrected chi connectivity index (χ2v) is 4.60. The number of fused-ring (bicyclic) bond motifs is 1. The summed E-state index contributed by atoms with van der Waals surface area (Å²) in [6, 6.07) is 5.30. The Morgan fingerprint density at radius 2 is 2.10 bits per heavy atom. The van der Waals surface area contributed by atoms with Crippen molar-refractivity contribution in [3.63, 3.8) is 0 Å². The number of rotatable bonds is 6. The molecule has 0 saturated heterocycles. The molecule has 0 unspecified atom stereocenters. The van der Waals surface area contributed by atoms with Crippen molar-refractivity contribution in [3.05, 3.63) is 24.0 Å². The topological polar surface area (TPSA) is 36.3 Å². The number of imidazole rings is 1. The van der Waals surface area contributed by atoms with Crippen LogP contribution >= 0.6 is 11.6 Å². The smallest absolute Gasteiger partial charge is 0.411 e. The van der Waals surface area contributed by atoms with Crippen LogP contribution in [0, 0.1) is 0 Å². The van der Waals surface area contributed by atoms with Crippen molar-refractivity contribution in [2.45, 2.75) is 18.6 Å². The van der Waals surface area contributed by atoms with Gasteiger partial charge in [-0.05, 0) is 12.1 Å². The summed E-state index contributed by atoms with van der Waals surface area (Å²) in [6.45, 7) is -1.10. The molecular formula is C13H14ClF3N2O2. The maximum atomic E-state index is 12.0. The summed E-state index contributed by atoms with van der Waals surface area (Å²) < 4.78 is 47.6. The summed E-state index contributed by atoms with van der Waals surface area (Å²) in [5.74, 6) is 1.38. The van der Waals surface area contributed by atoms with E-state index in [1.807, 2.05) is 0 Å². The molecule has 0 aliphatic rings. The molecule has 0 bridgehead atoms. The van der Waals surface area contributed by atoms with Crippen LogP contribution in [-0.2, 0) is 17.2 Å². The average Bonchev–Trinajstić information content (AvgIpc) is 2.79. The highest BCUT2D eigenvalue weighted by molar-refractivity contribution is 6.16. The van der Waals surface area contributed by atoms with Gasteiger partial charge in [0.05, 0.1) is 30.6 Å². The zero-order valence-electron chi connectivity index (χ0n) is 11.3. The van der Waals surface area contributed by atoms with E-state index in [4.69, 9.17) is 16.3 Å². The van der Waals surface area contributed by atoms with Gasteiger partial charge in [0.25, 0.3) is 0 Å². The van der Waals surface area contributed by atoms with E-state index in [2.05, 4.69) is 9.72 Å².